The second-order valence-electron chi connectivity index (χ2n) is 5.12. The lowest BCUT2D eigenvalue weighted by molar-refractivity contribution is -0.121. The minimum atomic E-state index is -0.422. The van der Waals surface area contributed by atoms with Crippen molar-refractivity contribution in [2.45, 2.75) is 20.3 Å². The van der Waals surface area contributed by atoms with Gasteiger partial charge in [-0.3, -0.25) is 4.79 Å². The van der Waals surface area contributed by atoms with Crippen molar-refractivity contribution in [1.29, 1.82) is 0 Å². The van der Waals surface area contributed by atoms with Crippen LogP contribution in [0.15, 0.2) is 42.5 Å². The summed E-state index contributed by atoms with van der Waals surface area (Å²) in [5.74, 6) is -0.150. The van der Waals surface area contributed by atoms with E-state index in [1.54, 1.807) is 12.1 Å². The molecule has 0 unspecified atom stereocenters. The van der Waals surface area contributed by atoms with Crippen LogP contribution in [0.5, 0.6) is 0 Å². The summed E-state index contributed by atoms with van der Waals surface area (Å²) in [5.41, 5.74) is 2.80. The molecule has 2 aromatic carbocycles. The molecule has 2 rings (SSSR count). The van der Waals surface area contributed by atoms with Gasteiger partial charge in [-0.1, -0.05) is 55.8 Å². The molecule has 104 valence electrons. The monoisotopic (exact) mass is 290 g/mol. The highest BCUT2D eigenvalue weighted by Gasteiger charge is 2.08. The number of carbonyl (C=O) groups excluding carboxylic acids is 1. The van der Waals surface area contributed by atoms with Gasteiger partial charge in [0, 0.05) is 12.3 Å². The summed E-state index contributed by atoms with van der Waals surface area (Å²) in [5, 5.41) is 0.113. The molecule has 0 heterocycles. The van der Waals surface area contributed by atoms with Crippen LogP contribution in [0.2, 0.25) is 5.02 Å². The van der Waals surface area contributed by atoms with E-state index in [4.69, 9.17) is 11.6 Å². The first kappa shape index (κ1) is 14.7. The highest BCUT2D eigenvalue weighted by atomic mass is 35.5. The van der Waals surface area contributed by atoms with Crippen LogP contribution in [0.25, 0.3) is 11.1 Å². The third kappa shape index (κ3) is 3.45. The predicted molar refractivity (Wildman–Crippen MR) is 80.4 cm³/mol. The van der Waals surface area contributed by atoms with Gasteiger partial charge in [0.1, 0.15) is 11.6 Å². The van der Waals surface area contributed by atoms with E-state index < -0.39 is 5.82 Å². The Bertz CT molecular complexity index is 617. The molecular formula is C17H16ClFO. The Labute approximate surface area is 123 Å². The van der Waals surface area contributed by atoms with E-state index in [-0.39, 0.29) is 16.7 Å². The van der Waals surface area contributed by atoms with Crippen molar-refractivity contribution in [3.8, 4) is 11.1 Å². The maximum Gasteiger partial charge on any atom is 0.141 e. The van der Waals surface area contributed by atoms with Crippen LogP contribution in [-0.4, -0.2) is 5.78 Å². The van der Waals surface area contributed by atoms with Gasteiger partial charge >= 0.3 is 0 Å². The minimum absolute atomic E-state index is 0.0468. The van der Waals surface area contributed by atoms with Crippen molar-refractivity contribution < 1.29 is 9.18 Å². The van der Waals surface area contributed by atoms with Crippen molar-refractivity contribution in [3.05, 3.63) is 58.9 Å². The lowest BCUT2D eigenvalue weighted by Crippen LogP contribution is -2.09. The quantitative estimate of drug-likeness (QED) is 0.781. The number of benzene rings is 2. The SMILES string of the molecule is CC(C)C(=O)Cc1ccc(-c2ccc(F)c(Cl)c2)cc1. The molecule has 0 fully saturated rings. The van der Waals surface area contributed by atoms with E-state index in [0.717, 1.165) is 16.7 Å². The van der Waals surface area contributed by atoms with Crippen LogP contribution in [-0.2, 0) is 11.2 Å². The number of halogens is 2. The van der Waals surface area contributed by atoms with Gasteiger partial charge in [-0.25, -0.2) is 4.39 Å². The largest absolute Gasteiger partial charge is 0.299 e. The normalized spacial score (nSPS) is 10.8. The molecule has 0 amide bonds. The van der Waals surface area contributed by atoms with Crippen LogP contribution in [0.1, 0.15) is 19.4 Å². The summed E-state index contributed by atoms with van der Waals surface area (Å²) < 4.78 is 13.1. The van der Waals surface area contributed by atoms with Crippen molar-refractivity contribution >= 4 is 17.4 Å². The zero-order valence-electron chi connectivity index (χ0n) is 11.5. The molecule has 0 N–H and O–H groups in total. The average Bonchev–Trinajstić information content (AvgIpc) is 2.42. The van der Waals surface area contributed by atoms with Gasteiger partial charge in [0.05, 0.1) is 5.02 Å². The molecule has 1 nitrogen and oxygen atoms in total. The Morgan fingerprint density at radius 3 is 2.25 bits per heavy atom. The third-order valence-corrected chi connectivity index (χ3v) is 3.52. The molecule has 0 aliphatic carbocycles. The molecule has 3 heteroatoms. The standard InChI is InChI=1S/C17H16ClFO/c1-11(2)17(20)9-12-3-5-13(6-4-12)14-7-8-16(19)15(18)10-14/h3-8,10-11H,9H2,1-2H3. The number of rotatable bonds is 4. The second kappa shape index (κ2) is 6.19. The van der Waals surface area contributed by atoms with Gasteiger partial charge in [0.15, 0.2) is 0 Å². The second-order valence-corrected chi connectivity index (χ2v) is 5.53. The molecule has 0 radical (unpaired) electrons. The number of ketones is 1. The first-order chi connectivity index (χ1) is 9.47. The lowest BCUT2D eigenvalue weighted by Gasteiger charge is -2.07. The summed E-state index contributed by atoms with van der Waals surface area (Å²) in [6.45, 7) is 3.80. The highest BCUT2D eigenvalue weighted by Crippen LogP contribution is 2.25. The summed E-state index contributed by atoms with van der Waals surface area (Å²) in [6.07, 6.45) is 0.447. The van der Waals surface area contributed by atoms with Gasteiger partial charge < -0.3 is 0 Å². The van der Waals surface area contributed by atoms with Crippen molar-refractivity contribution in [2.24, 2.45) is 5.92 Å². The molecule has 0 spiro atoms. The van der Waals surface area contributed by atoms with Gasteiger partial charge in [-0.05, 0) is 28.8 Å². The number of carbonyl (C=O) groups is 1. The molecule has 2 aromatic rings. The lowest BCUT2D eigenvalue weighted by atomic mass is 9.98. The molecule has 0 aliphatic heterocycles. The molecule has 0 atom stereocenters. The van der Waals surface area contributed by atoms with Crippen LogP contribution in [0.3, 0.4) is 0 Å². The number of hydrogen-bond acceptors (Lipinski definition) is 1. The topological polar surface area (TPSA) is 17.1 Å². The van der Waals surface area contributed by atoms with Crippen molar-refractivity contribution in [3.63, 3.8) is 0 Å². The molecule has 0 saturated heterocycles. The zero-order valence-corrected chi connectivity index (χ0v) is 12.2. The molecule has 0 aliphatic rings. The van der Waals surface area contributed by atoms with E-state index in [2.05, 4.69) is 0 Å². The smallest absolute Gasteiger partial charge is 0.141 e. The average molecular weight is 291 g/mol. The predicted octanol–water partition coefficient (Wildman–Crippen LogP) is 4.91. The van der Waals surface area contributed by atoms with Crippen molar-refractivity contribution in [1.82, 2.24) is 0 Å². The number of Topliss-reactive ketones (excluding diaryl/α,β-unsaturated/α-hetero) is 1. The minimum Gasteiger partial charge on any atom is -0.299 e. The summed E-state index contributed by atoms with van der Waals surface area (Å²) in [4.78, 5) is 11.7. The van der Waals surface area contributed by atoms with Crippen LogP contribution in [0, 0.1) is 11.7 Å². The van der Waals surface area contributed by atoms with Crippen LogP contribution in [0.4, 0.5) is 4.39 Å². The molecule has 20 heavy (non-hydrogen) atoms. The van der Waals surface area contributed by atoms with Crippen LogP contribution < -0.4 is 0 Å². The van der Waals surface area contributed by atoms with E-state index in [1.807, 2.05) is 38.1 Å². The van der Waals surface area contributed by atoms with Gasteiger partial charge in [-0.15, -0.1) is 0 Å². The Kier molecular flexibility index (Phi) is 4.56. The summed E-state index contributed by atoms with van der Waals surface area (Å²) in [6, 6.07) is 12.3. The maximum absolute atomic E-state index is 13.1. The van der Waals surface area contributed by atoms with Gasteiger partial charge in [0.2, 0.25) is 0 Å². The fraction of sp³-hybridized carbons (Fsp3) is 0.235. The molecule has 0 saturated carbocycles. The summed E-state index contributed by atoms with van der Waals surface area (Å²) >= 11 is 5.78. The first-order valence-corrected chi connectivity index (χ1v) is 6.92. The fourth-order valence-electron chi connectivity index (χ4n) is 1.90. The molecular weight excluding hydrogens is 275 g/mol. The van der Waals surface area contributed by atoms with E-state index in [1.165, 1.54) is 6.07 Å². The third-order valence-electron chi connectivity index (χ3n) is 3.23. The Balaban J connectivity index is 2.19. The van der Waals surface area contributed by atoms with E-state index in [9.17, 15) is 9.18 Å². The maximum atomic E-state index is 13.1. The van der Waals surface area contributed by atoms with Gasteiger partial charge in [-0.2, -0.15) is 0 Å². The molecule has 0 bridgehead atoms. The first-order valence-electron chi connectivity index (χ1n) is 6.54. The van der Waals surface area contributed by atoms with E-state index >= 15 is 0 Å². The van der Waals surface area contributed by atoms with Gasteiger partial charge in [0.25, 0.3) is 0 Å². The molecule has 0 aromatic heterocycles. The fourth-order valence-corrected chi connectivity index (χ4v) is 2.08. The zero-order chi connectivity index (χ0) is 14.7. The Morgan fingerprint density at radius 2 is 1.70 bits per heavy atom. The highest BCUT2D eigenvalue weighted by molar-refractivity contribution is 6.31. The van der Waals surface area contributed by atoms with Crippen LogP contribution >= 0.6 is 11.6 Å². The number of hydrogen-bond donors (Lipinski definition) is 0. The van der Waals surface area contributed by atoms with Crippen molar-refractivity contribution in [2.75, 3.05) is 0 Å². The van der Waals surface area contributed by atoms with E-state index in [0.29, 0.717) is 6.42 Å². The Morgan fingerprint density at radius 1 is 1.10 bits per heavy atom. The summed E-state index contributed by atoms with van der Waals surface area (Å²) in [7, 11) is 0. The Hall–Kier alpha value is -1.67.